The summed E-state index contributed by atoms with van der Waals surface area (Å²) < 4.78 is 0. The van der Waals surface area contributed by atoms with E-state index in [0.717, 1.165) is 18.2 Å². The van der Waals surface area contributed by atoms with E-state index in [1.807, 2.05) is 0 Å². The van der Waals surface area contributed by atoms with E-state index in [0.29, 0.717) is 12.0 Å². The molecule has 2 aliphatic rings. The number of aliphatic hydroxyl groups excluding tert-OH is 1. The van der Waals surface area contributed by atoms with Gasteiger partial charge in [-0.3, -0.25) is 4.90 Å². The van der Waals surface area contributed by atoms with Crippen LogP contribution in [0.4, 0.5) is 0 Å². The lowest BCUT2D eigenvalue weighted by Gasteiger charge is -2.40. The second-order valence-corrected chi connectivity index (χ2v) is 7.26. The topological polar surface area (TPSA) is 23.5 Å². The molecule has 0 spiro atoms. The normalized spacial score (nSPS) is 41.1. The zero-order valence-electron chi connectivity index (χ0n) is 11.3. The van der Waals surface area contributed by atoms with Gasteiger partial charge >= 0.3 is 0 Å². The van der Waals surface area contributed by atoms with Crippen LogP contribution in [0.15, 0.2) is 0 Å². The second kappa shape index (κ2) is 6.44. The van der Waals surface area contributed by atoms with Gasteiger partial charge in [-0.1, -0.05) is 26.2 Å². The van der Waals surface area contributed by atoms with Gasteiger partial charge in [-0.15, -0.1) is 0 Å². The quantitative estimate of drug-likeness (QED) is 0.770. The fourth-order valence-electron chi connectivity index (χ4n) is 3.13. The molecule has 4 atom stereocenters. The van der Waals surface area contributed by atoms with Crippen molar-refractivity contribution in [2.24, 2.45) is 5.92 Å². The van der Waals surface area contributed by atoms with Crippen LogP contribution in [0.1, 0.15) is 46.0 Å². The zero-order valence-corrected chi connectivity index (χ0v) is 12.1. The maximum Gasteiger partial charge on any atom is 0.0580 e. The van der Waals surface area contributed by atoms with Crippen LogP contribution in [0.2, 0.25) is 0 Å². The highest BCUT2D eigenvalue weighted by Gasteiger charge is 2.30. The molecule has 1 N–H and O–H groups in total. The van der Waals surface area contributed by atoms with Crippen LogP contribution in [0, 0.1) is 5.92 Å². The standard InChI is InChI=1S/C14H27NOS/c1-11-12(2)17-9-8-15(11)10-13-6-4-3-5-7-14(13)16/h11-14,16H,3-10H2,1-2H3. The molecule has 2 fully saturated rings. The Morgan fingerprint density at radius 1 is 1.18 bits per heavy atom. The van der Waals surface area contributed by atoms with Gasteiger partial charge in [-0.2, -0.15) is 11.8 Å². The van der Waals surface area contributed by atoms with Crippen molar-refractivity contribution in [3.05, 3.63) is 0 Å². The molecule has 1 saturated heterocycles. The summed E-state index contributed by atoms with van der Waals surface area (Å²) in [5, 5.41) is 10.9. The smallest absolute Gasteiger partial charge is 0.0580 e. The number of hydrogen-bond donors (Lipinski definition) is 1. The number of rotatable bonds is 2. The van der Waals surface area contributed by atoms with Crippen molar-refractivity contribution in [3.63, 3.8) is 0 Å². The number of aliphatic hydroxyl groups is 1. The Bertz CT molecular complexity index is 236. The van der Waals surface area contributed by atoms with Gasteiger partial charge in [0.25, 0.3) is 0 Å². The summed E-state index contributed by atoms with van der Waals surface area (Å²) in [5.74, 6) is 1.78. The van der Waals surface area contributed by atoms with E-state index in [9.17, 15) is 5.11 Å². The minimum Gasteiger partial charge on any atom is -0.393 e. The van der Waals surface area contributed by atoms with Crippen molar-refractivity contribution in [1.29, 1.82) is 0 Å². The summed E-state index contributed by atoms with van der Waals surface area (Å²) in [6, 6.07) is 0.671. The third-order valence-electron chi connectivity index (χ3n) is 4.60. The third kappa shape index (κ3) is 3.62. The van der Waals surface area contributed by atoms with E-state index in [1.165, 1.54) is 38.0 Å². The lowest BCUT2D eigenvalue weighted by atomic mass is 9.96. The number of nitrogens with zero attached hydrogens (tertiary/aromatic N) is 1. The Morgan fingerprint density at radius 3 is 2.76 bits per heavy atom. The number of hydrogen-bond acceptors (Lipinski definition) is 3. The fraction of sp³-hybridized carbons (Fsp3) is 1.00. The van der Waals surface area contributed by atoms with Gasteiger partial charge in [0.05, 0.1) is 6.10 Å². The molecular formula is C14H27NOS. The van der Waals surface area contributed by atoms with Crippen molar-refractivity contribution in [1.82, 2.24) is 4.90 Å². The molecule has 0 aromatic heterocycles. The van der Waals surface area contributed by atoms with E-state index < -0.39 is 0 Å². The molecule has 0 aromatic rings. The Morgan fingerprint density at radius 2 is 1.94 bits per heavy atom. The lowest BCUT2D eigenvalue weighted by molar-refractivity contribution is 0.0635. The van der Waals surface area contributed by atoms with Crippen molar-refractivity contribution in [2.75, 3.05) is 18.8 Å². The molecule has 1 heterocycles. The summed E-state index contributed by atoms with van der Waals surface area (Å²) in [6.07, 6.45) is 6.06. The predicted molar refractivity (Wildman–Crippen MR) is 75.5 cm³/mol. The summed E-state index contributed by atoms with van der Waals surface area (Å²) >= 11 is 2.09. The van der Waals surface area contributed by atoms with Gasteiger partial charge in [-0.25, -0.2) is 0 Å². The van der Waals surface area contributed by atoms with Crippen LogP contribution in [0.25, 0.3) is 0 Å². The van der Waals surface area contributed by atoms with E-state index in [-0.39, 0.29) is 6.10 Å². The molecule has 0 amide bonds. The molecule has 1 aliphatic heterocycles. The Hall–Kier alpha value is 0.270. The zero-order chi connectivity index (χ0) is 12.3. The molecular weight excluding hydrogens is 230 g/mol. The summed E-state index contributed by atoms with van der Waals surface area (Å²) in [5.41, 5.74) is 0. The van der Waals surface area contributed by atoms with E-state index >= 15 is 0 Å². The maximum atomic E-state index is 10.2. The van der Waals surface area contributed by atoms with Crippen LogP contribution < -0.4 is 0 Å². The highest BCUT2D eigenvalue weighted by molar-refractivity contribution is 8.00. The summed E-state index contributed by atoms with van der Waals surface area (Å²) in [7, 11) is 0. The minimum absolute atomic E-state index is 0.0467. The van der Waals surface area contributed by atoms with Crippen LogP contribution in [-0.4, -0.2) is 46.2 Å². The molecule has 2 nitrogen and oxygen atoms in total. The van der Waals surface area contributed by atoms with Crippen molar-refractivity contribution < 1.29 is 5.11 Å². The van der Waals surface area contributed by atoms with Gasteiger partial charge in [0.1, 0.15) is 0 Å². The molecule has 0 radical (unpaired) electrons. The Kier molecular flexibility index (Phi) is 5.19. The average Bonchev–Trinajstić information content (AvgIpc) is 2.51. The van der Waals surface area contributed by atoms with Gasteiger partial charge in [0.2, 0.25) is 0 Å². The second-order valence-electron chi connectivity index (χ2n) is 5.78. The van der Waals surface area contributed by atoms with Crippen LogP contribution in [-0.2, 0) is 0 Å². The molecule has 3 heteroatoms. The highest BCUT2D eigenvalue weighted by Crippen LogP contribution is 2.29. The van der Waals surface area contributed by atoms with Crippen molar-refractivity contribution in [3.8, 4) is 0 Å². The van der Waals surface area contributed by atoms with Gasteiger partial charge in [-0.05, 0) is 25.7 Å². The van der Waals surface area contributed by atoms with Gasteiger partial charge in [0.15, 0.2) is 0 Å². The Balaban J connectivity index is 1.89. The first kappa shape index (κ1) is 13.7. The SMILES string of the molecule is CC1SCCN(CC2CCCCCC2O)C1C. The van der Waals surface area contributed by atoms with Crippen molar-refractivity contribution >= 4 is 11.8 Å². The predicted octanol–water partition coefficient (Wildman–Crippen LogP) is 2.75. The largest absolute Gasteiger partial charge is 0.393 e. The molecule has 1 saturated carbocycles. The monoisotopic (exact) mass is 257 g/mol. The molecule has 0 bridgehead atoms. The van der Waals surface area contributed by atoms with Gasteiger partial charge < -0.3 is 5.11 Å². The molecule has 0 aromatic carbocycles. The van der Waals surface area contributed by atoms with Gasteiger partial charge in [0, 0.05) is 30.1 Å². The number of thioether (sulfide) groups is 1. The molecule has 4 unspecified atom stereocenters. The van der Waals surface area contributed by atoms with Crippen LogP contribution >= 0.6 is 11.8 Å². The first-order valence-corrected chi connectivity index (χ1v) is 8.27. The first-order valence-electron chi connectivity index (χ1n) is 7.22. The van der Waals surface area contributed by atoms with Crippen LogP contribution in [0.5, 0.6) is 0 Å². The highest BCUT2D eigenvalue weighted by atomic mass is 32.2. The van der Waals surface area contributed by atoms with E-state index in [4.69, 9.17) is 0 Å². The third-order valence-corrected chi connectivity index (χ3v) is 5.94. The van der Waals surface area contributed by atoms with Crippen LogP contribution in [0.3, 0.4) is 0 Å². The maximum absolute atomic E-state index is 10.2. The molecule has 1 aliphatic carbocycles. The molecule has 17 heavy (non-hydrogen) atoms. The first-order chi connectivity index (χ1) is 8.18. The Labute approximate surface area is 110 Å². The molecule has 100 valence electrons. The summed E-state index contributed by atoms with van der Waals surface area (Å²) in [6.45, 7) is 7.01. The summed E-state index contributed by atoms with van der Waals surface area (Å²) in [4.78, 5) is 2.61. The minimum atomic E-state index is -0.0467. The molecule has 2 rings (SSSR count). The fourth-order valence-corrected chi connectivity index (χ4v) is 4.29. The average molecular weight is 257 g/mol. The lowest BCUT2D eigenvalue weighted by Crippen LogP contribution is -2.48. The van der Waals surface area contributed by atoms with E-state index in [1.54, 1.807) is 0 Å². The van der Waals surface area contributed by atoms with E-state index in [2.05, 4.69) is 30.5 Å². The van der Waals surface area contributed by atoms with Crippen molar-refractivity contribution in [2.45, 2.75) is 63.3 Å².